The topological polar surface area (TPSA) is 106 Å². The summed E-state index contributed by atoms with van der Waals surface area (Å²) in [5.41, 5.74) is 0.411. The van der Waals surface area contributed by atoms with Gasteiger partial charge in [-0.25, -0.2) is 14.6 Å². The highest BCUT2D eigenvalue weighted by Crippen LogP contribution is 2.17. The van der Waals surface area contributed by atoms with Crippen LogP contribution in [-0.2, 0) is 16.0 Å². The Morgan fingerprint density at radius 3 is 2.88 bits per heavy atom. The van der Waals surface area contributed by atoms with Crippen molar-refractivity contribution in [2.75, 3.05) is 13.7 Å². The zero-order chi connectivity index (χ0) is 20.0. The molecular weight excluding hydrogens is 356 g/mol. The van der Waals surface area contributed by atoms with Crippen molar-refractivity contribution >= 4 is 33.7 Å². The van der Waals surface area contributed by atoms with E-state index < -0.39 is 17.7 Å². The third-order valence-corrected chi connectivity index (χ3v) is 4.08. The molecule has 0 unspecified atom stereocenters. The molecule has 0 saturated heterocycles. The molecule has 0 bridgehead atoms. The van der Waals surface area contributed by atoms with E-state index in [0.29, 0.717) is 29.1 Å². The van der Waals surface area contributed by atoms with Gasteiger partial charge in [0, 0.05) is 19.3 Å². The smallest absolute Gasteiger partial charge is 0.407 e. The summed E-state index contributed by atoms with van der Waals surface area (Å²) in [7, 11) is 1.31. The number of aromatic nitrogens is 2. The Morgan fingerprint density at radius 2 is 2.23 bits per heavy atom. The first kappa shape index (κ1) is 18.1. The fraction of sp³-hybridized carbons (Fsp3) is 0.412. The summed E-state index contributed by atoms with van der Waals surface area (Å²) < 4.78 is 19.7. The van der Waals surface area contributed by atoms with Crippen LogP contribution in [0.2, 0.25) is 1.41 Å². The number of amides is 1. The zero-order valence-corrected chi connectivity index (χ0v) is 15.9. The van der Waals surface area contributed by atoms with Gasteiger partial charge in [-0.1, -0.05) is 23.5 Å². The second-order valence-electron chi connectivity index (χ2n) is 6.39. The van der Waals surface area contributed by atoms with Crippen LogP contribution in [0, 0.1) is 5.40 Å². The van der Waals surface area contributed by atoms with E-state index in [1.807, 2.05) is 6.08 Å². The molecule has 2 rings (SSSR count). The van der Waals surface area contributed by atoms with Gasteiger partial charge in [-0.15, -0.1) is 0 Å². The maximum absolute atomic E-state index is 11.6. The summed E-state index contributed by atoms with van der Waals surface area (Å²) in [5.74, 6) is -0.471. The maximum atomic E-state index is 11.6. The Hall–Kier alpha value is -2.68. The third kappa shape index (κ3) is 5.16. The lowest BCUT2D eigenvalue weighted by atomic mass is 10.2. The average molecular weight is 378 g/mol. The lowest BCUT2D eigenvalue weighted by Gasteiger charge is -2.19. The zero-order valence-electron chi connectivity index (χ0n) is 16.1. The van der Waals surface area contributed by atoms with Gasteiger partial charge in [-0.3, -0.25) is 9.97 Å². The van der Waals surface area contributed by atoms with Crippen LogP contribution in [0.4, 0.5) is 4.79 Å². The van der Waals surface area contributed by atoms with Gasteiger partial charge in [0.25, 0.3) is 0 Å². The lowest BCUT2D eigenvalue weighted by Crippen LogP contribution is -2.32. The quantitative estimate of drug-likeness (QED) is 0.614. The van der Waals surface area contributed by atoms with E-state index in [1.54, 1.807) is 37.5 Å². The van der Waals surface area contributed by atoms with Gasteiger partial charge in [0.05, 0.1) is 17.4 Å². The number of alkyl carbamates (subject to hydrolysis) is 1. The van der Waals surface area contributed by atoms with Crippen molar-refractivity contribution in [1.82, 2.24) is 14.9 Å². The third-order valence-electron chi connectivity index (χ3n) is 3.16. The van der Waals surface area contributed by atoms with Gasteiger partial charge in [-0.05, 0) is 26.8 Å². The number of hydrogen-bond donors (Lipinski definition) is 2. The number of allylic oxidation sites excluding steroid dienone is 1. The highest BCUT2D eigenvalue weighted by Gasteiger charge is 2.15. The molecule has 0 aliphatic rings. The molecule has 2 N–H and O–H groups in total. The van der Waals surface area contributed by atoms with Crippen molar-refractivity contribution < 1.29 is 20.5 Å². The molecule has 2 heterocycles. The summed E-state index contributed by atoms with van der Waals surface area (Å²) in [6, 6.07) is 1.66. The van der Waals surface area contributed by atoms with E-state index in [-0.39, 0.29) is 0 Å². The van der Waals surface area contributed by atoms with Gasteiger partial charge >= 0.3 is 12.1 Å². The molecule has 0 aromatic carbocycles. The van der Waals surface area contributed by atoms with Crippen molar-refractivity contribution in [1.29, 1.82) is 5.40 Å². The summed E-state index contributed by atoms with van der Waals surface area (Å²) in [6.45, 7) is 6.12. The van der Waals surface area contributed by atoms with Crippen LogP contribution in [0.1, 0.15) is 31.1 Å². The van der Waals surface area contributed by atoms with E-state index in [4.69, 9.17) is 10.9 Å². The van der Waals surface area contributed by atoms with Gasteiger partial charge < -0.3 is 14.8 Å². The Bertz CT molecular complexity index is 927. The highest BCUT2D eigenvalue weighted by molar-refractivity contribution is 7.16. The van der Waals surface area contributed by atoms with Gasteiger partial charge in [0.2, 0.25) is 0 Å². The van der Waals surface area contributed by atoms with Crippen molar-refractivity contribution in [2.24, 2.45) is 0 Å². The fourth-order valence-electron chi connectivity index (χ4n) is 2.07. The number of esters is 1. The van der Waals surface area contributed by atoms with Crippen molar-refractivity contribution in [3.05, 3.63) is 34.8 Å². The Labute approximate surface area is 156 Å². The minimum atomic E-state index is -0.543. The molecular formula is C17H22N4O4S. The minimum absolute atomic E-state index is 0.310. The van der Waals surface area contributed by atoms with E-state index >= 15 is 0 Å². The van der Waals surface area contributed by atoms with Crippen LogP contribution in [0.5, 0.6) is 0 Å². The van der Waals surface area contributed by atoms with E-state index in [1.165, 1.54) is 24.6 Å². The van der Waals surface area contributed by atoms with Crippen LogP contribution in [0.25, 0.3) is 10.3 Å². The van der Waals surface area contributed by atoms with Crippen molar-refractivity contribution in [3.63, 3.8) is 0 Å². The molecule has 0 aliphatic heterocycles. The van der Waals surface area contributed by atoms with E-state index in [0.717, 1.165) is 4.70 Å². The number of methoxy groups -OCH3 is 1. The van der Waals surface area contributed by atoms with Gasteiger partial charge in [0.1, 0.15) is 5.60 Å². The van der Waals surface area contributed by atoms with E-state index in [9.17, 15) is 9.59 Å². The molecule has 0 atom stereocenters. The monoisotopic (exact) mass is 378 g/mol. The molecule has 8 nitrogen and oxygen atoms in total. The number of rotatable bonds is 5. The number of fused-ring (bicyclic) bond motifs is 1. The molecule has 0 spiro atoms. The molecule has 1 amide bonds. The number of thiazole rings is 1. The predicted octanol–water partition coefficient (Wildman–Crippen LogP) is 2.44. The molecule has 2 aromatic rings. The Morgan fingerprint density at radius 1 is 1.46 bits per heavy atom. The summed E-state index contributed by atoms with van der Waals surface area (Å²) in [5, 5.41) is 6.15. The number of carbonyl (C=O) groups excluding carboxylic acids is 2. The minimum Gasteiger partial charge on any atom is -0.465 e. The summed E-state index contributed by atoms with van der Waals surface area (Å²) in [6.07, 6.45) is 4.55. The number of hydrogen-bond acceptors (Lipinski definition) is 7. The Kier molecular flexibility index (Phi) is 5.67. The van der Waals surface area contributed by atoms with Crippen LogP contribution in [0.3, 0.4) is 0 Å². The van der Waals surface area contributed by atoms with Crippen LogP contribution >= 0.6 is 11.3 Å². The average Bonchev–Trinajstić information content (AvgIpc) is 2.96. The number of ether oxygens (including phenoxy) is 2. The maximum Gasteiger partial charge on any atom is 0.407 e. The molecule has 26 heavy (non-hydrogen) atoms. The first-order valence-corrected chi connectivity index (χ1v) is 8.74. The largest absolute Gasteiger partial charge is 0.465 e. The molecule has 9 heteroatoms. The second kappa shape index (κ2) is 8.13. The van der Waals surface area contributed by atoms with Gasteiger partial charge in [-0.2, -0.15) is 0 Å². The summed E-state index contributed by atoms with van der Waals surface area (Å²) >= 11 is 1.26. The Balaban J connectivity index is 2.08. The predicted molar refractivity (Wildman–Crippen MR) is 98.2 cm³/mol. The molecule has 0 aliphatic carbocycles. The normalized spacial score (nSPS) is 13.1. The fourth-order valence-corrected chi connectivity index (χ4v) is 2.98. The number of carbonyl (C=O) groups is 2. The SMILES string of the molecule is [H]/N=c1/sc2cc(C(=O)OC)cnc2n1CC=CCNC(=O)OC(C)(C)C. The standard InChI is InChI=1S/C17H22N4O4S/c1-17(2,3)25-16(23)19-7-5-6-8-21-13-12(26-15(21)18)9-11(10-20-13)14(22)24-4/h5-6,9-10,18H,7-8H2,1-4H3,(H,19,23)/b6-5?,18-15+. The van der Waals surface area contributed by atoms with Crippen molar-refractivity contribution in [2.45, 2.75) is 32.9 Å². The lowest BCUT2D eigenvalue weighted by molar-refractivity contribution is 0.0532. The van der Waals surface area contributed by atoms with Crippen LogP contribution in [0.15, 0.2) is 24.4 Å². The number of pyridine rings is 1. The first-order chi connectivity index (χ1) is 12.7. The molecule has 2 aromatic heterocycles. The van der Waals surface area contributed by atoms with Gasteiger partial charge in [0.15, 0.2) is 11.9 Å². The molecule has 0 radical (unpaired) electrons. The molecule has 140 valence electrons. The summed E-state index contributed by atoms with van der Waals surface area (Å²) in [4.78, 5) is 27.9. The highest BCUT2D eigenvalue weighted by atomic mass is 32.1. The van der Waals surface area contributed by atoms with E-state index in [2.05, 4.69) is 15.7 Å². The molecule has 0 fully saturated rings. The second-order valence-corrected chi connectivity index (χ2v) is 7.40. The molecule has 0 saturated carbocycles. The van der Waals surface area contributed by atoms with Crippen molar-refractivity contribution in [3.8, 4) is 0 Å². The van der Waals surface area contributed by atoms with Crippen LogP contribution in [-0.4, -0.2) is 40.9 Å². The first-order valence-electron chi connectivity index (χ1n) is 8.37. The van der Waals surface area contributed by atoms with Crippen LogP contribution < -0.4 is 10.1 Å². The number of nitrogens with one attached hydrogen (secondary N) is 2. The number of nitrogens with zero attached hydrogens (tertiary/aromatic N) is 2.